The lowest BCUT2D eigenvalue weighted by atomic mass is 10.1. The van der Waals surface area contributed by atoms with Gasteiger partial charge in [-0.05, 0) is 66.4 Å². The zero-order chi connectivity index (χ0) is 14.2. The highest BCUT2D eigenvalue weighted by Crippen LogP contribution is 2.38. The number of aromatic nitrogens is 4. The van der Waals surface area contributed by atoms with E-state index >= 15 is 0 Å². The van der Waals surface area contributed by atoms with Crippen molar-refractivity contribution in [3.8, 4) is 0 Å². The lowest BCUT2D eigenvalue weighted by Crippen LogP contribution is -2.16. The molecule has 0 saturated heterocycles. The minimum Gasteiger partial charge on any atom is -0.310 e. The molecule has 0 unspecified atom stereocenters. The second-order valence-electron chi connectivity index (χ2n) is 6.01. The quantitative estimate of drug-likeness (QED) is 0.889. The molecule has 0 bridgehead atoms. The number of hydrogen-bond acceptors (Lipinski definition) is 5. The Bertz CT molecular complexity index is 645. The number of tetrazole rings is 1. The maximum atomic E-state index is 4.19. The summed E-state index contributed by atoms with van der Waals surface area (Å²) in [6.07, 6.45) is 5.02. The molecule has 0 amide bonds. The first-order chi connectivity index (χ1) is 10.3. The third-order valence-electron chi connectivity index (χ3n) is 3.93. The number of rotatable bonds is 6. The van der Waals surface area contributed by atoms with Crippen LogP contribution in [0.2, 0.25) is 0 Å². The lowest BCUT2D eigenvalue weighted by Gasteiger charge is -2.11. The van der Waals surface area contributed by atoms with Gasteiger partial charge in [0.2, 0.25) is 5.16 Å². The smallest absolute Gasteiger partial charge is 0.214 e. The molecule has 2 aliphatic rings. The molecule has 2 aromatic rings. The van der Waals surface area contributed by atoms with Gasteiger partial charge in [0.1, 0.15) is 0 Å². The highest BCUT2D eigenvalue weighted by molar-refractivity contribution is 7.99. The highest BCUT2D eigenvalue weighted by Gasteiger charge is 2.28. The van der Waals surface area contributed by atoms with Gasteiger partial charge in [-0.1, -0.05) is 17.7 Å². The van der Waals surface area contributed by atoms with Crippen LogP contribution >= 0.6 is 11.8 Å². The molecule has 2 aliphatic carbocycles. The van der Waals surface area contributed by atoms with Crippen molar-refractivity contribution in [2.75, 3.05) is 0 Å². The van der Waals surface area contributed by atoms with Gasteiger partial charge in [0, 0.05) is 17.5 Å². The minimum absolute atomic E-state index is 0.515. The largest absolute Gasteiger partial charge is 0.310 e. The van der Waals surface area contributed by atoms with Crippen LogP contribution in [0.4, 0.5) is 0 Å². The van der Waals surface area contributed by atoms with E-state index in [1.807, 2.05) is 4.68 Å². The van der Waals surface area contributed by atoms with Gasteiger partial charge in [-0.15, -0.1) is 5.10 Å². The van der Waals surface area contributed by atoms with Gasteiger partial charge in [0.15, 0.2) is 0 Å². The molecule has 0 spiro atoms. The Morgan fingerprint density at radius 2 is 2.14 bits per heavy atom. The molecule has 110 valence electrons. The first-order valence-corrected chi connectivity index (χ1v) is 8.40. The van der Waals surface area contributed by atoms with Gasteiger partial charge >= 0.3 is 0 Å². The average Bonchev–Trinajstić information content (AvgIpc) is 3.40. The Morgan fingerprint density at radius 1 is 1.29 bits per heavy atom. The summed E-state index contributed by atoms with van der Waals surface area (Å²) in [6.45, 7) is 3.07. The van der Waals surface area contributed by atoms with Crippen molar-refractivity contribution in [2.45, 2.75) is 61.3 Å². The zero-order valence-corrected chi connectivity index (χ0v) is 12.9. The summed E-state index contributed by atoms with van der Waals surface area (Å²) in [5, 5.41) is 16.7. The average molecular weight is 301 g/mol. The molecular weight excluding hydrogens is 282 g/mol. The van der Waals surface area contributed by atoms with Crippen LogP contribution in [0.3, 0.4) is 0 Å². The summed E-state index contributed by atoms with van der Waals surface area (Å²) in [7, 11) is 0. The van der Waals surface area contributed by atoms with E-state index < -0.39 is 0 Å². The summed E-state index contributed by atoms with van der Waals surface area (Å²) in [5.74, 6) is 0. The molecule has 1 aromatic heterocycles. The van der Waals surface area contributed by atoms with Gasteiger partial charge < -0.3 is 5.32 Å². The number of benzene rings is 1. The van der Waals surface area contributed by atoms with E-state index in [-0.39, 0.29) is 0 Å². The highest BCUT2D eigenvalue weighted by atomic mass is 32.2. The molecular formula is C15H19N5S. The van der Waals surface area contributed by atoms with E-state index in [9.17, 15) is 0 Å². The van der Waals surface area contributed by atoms with Gasteiger partial charge in [-0.25, -0.2) is 4.68 Å². The Kier molecular flexibility index (Phi) is 3.43. The Morgan fingerprint density at radius 3 is 2.90 bits per heavy atom. The van der Waals surface area contributed by atoms with Crippen LogP contribution in [-0.4, -0.2) is 26.2 Å². The first-order valence-electron chi connectivity index (χ1n) is 7.58. The number of hydrogen-bond donors (Lipinski definition) is 1. The van der Waals surface area contributed by atoms with Crippen molar-refractivity contribution in [1.82, 2.24) is 25.5 Å². The minimum atomic E-state index is 0.515. The second kappa shape index (κ2) is 5.42. The molecule has 1 heterocycles. The normalized spacial score (nSPS) is 18.1. The topological polar surface area (TPSA) is 55.6 Å². The van der Waals surface area contributed by atoms with Crippen LogP contribution < -0.4 is 5.32 Å². The van der Waals surface area contributed by atoms with Crippen molar-refractivity contribution in [1.29, 1.82) is 0 Å². The standard InChI is InChI=1S/C15H19N5S/c1-10-2-7-14(11(8-10)9-16-12-3-4-12)21-15-17-18-19-20(15)13-5-6-13/h2,7-8,12-13,16H,3-6,9H2,1H3. The summed E-state index contributed by atoms with van der Waals surface area (Å²) < 4.78 is 1.97. The molecule has 2 fully saturated rings. The first kappa shape index (κ1) is 13.3. The predicted molar refractivity (Wildman–Crippen MR) is 81.3 cm³/mol. The summed E-state index contributed by atoms with van der Waals surface area (Å²) >= 11 is 1.68. The molecule has 0 atom stereocenters. The van der Waals surface area contributed by atoms with Crippen LogP contribution in [0.5, 0.6) is 0 Å². The molecule has 6 heteroatoms. The summed E-state index contributed by atoms with van der Waals surface area (Å²) in [5.41, 5.74) is 2.64. The molecule has 1 N–H and O–H groups in total. The van der Waals surface area contributed by atoms with Crippen LogP contribution in [-0.2, 0) is 6.54 Å². The molecule has 1 aromatic carbocycles. The van der Waals surface area contributed by atoms with Crippen molar-refractivity contribution < 1.29 is 0 Å². The fourth-order valence-corrected chi connectivity index (χ4v) is 3.34. The third-order valence-corrected chi connectivity index (χ3v) is 5.00. The summed E-state index contributed by atoms with van der Waals surface area (Å²) in [4.78, 5) is 1.26. The van der Waals surface area contributed by atoms with E-state index in [2.05, 4.69) is 46.0 Å². The predicted octanol–water partition coefficient (Wildman–Crippen LogP) is 2.72. The second-order valence-corrected chi connectivity index (χ2v) is 7.01. The van der Waals surface area contributed by atoms with Gasteiger partial charge in [0.05, 0.1) is 6.04 Å². The van der Waals surface area contributed by atoms with Crippen molar-refractivity contribution in [3.63, 3.8) is 0 Å². The summed E-state index contributed by atoms with van der Waals surface area (Å²) in [6, 6.07) is 7.86. The van der Waals surface area contributed by atoms with Crippen LogP contribution in [0.15, 0.2) is 28.3 Å². The number of nitrogens with zero attached hydrogens (tertiary/aromatic N) is 4. The Balaban J connectivity index is 1.56. The SMILES string of the molecule is Cc1ccc(Sc2nnnn2C2CC2)c(CNC2CC2)c1. The molecule has 4 rings (SSSR count). The fraction of sp³-hybridized carbons (Fsp3) is 0.533. The van der Waals surface area contributed by atoms with Crippen LogP contribution in [0, 0.1) is 6.92 Å². The van der Waals surface area contributed by atoms with Crippen LogP contribution in [0.1, 0.15) is 42.9 Å². The maximum absolute atomic E-state index is 4.19. The van der Waals surface area contributed by atoms with Crippen molar-refractivity contribution in [3.05, 3.63) is 29.3 Å². The van der Waals surface area contributed by atoms with E-state index in [4.69, 9.17) is 0 Å². The van der Waals surface area contributed by atoms with E-state index in [1.165, 1.54) is 41.7 Å². The van der Waals surface area contributed by atoms with Crippen LogP contribution in [0.25, 0.3) is 0 Å². The van der Waals surface area contributed by atoms with Gasteiger partial charge in [-0.3, -0.25) is 0 Å². The molecule has 21 heavy (non-hydrogen) atoms. The zero-order valence-electron chi connectivity index (χ0n) is 12.1. The van der Waals surface area contributed by atoms with Gasteiger partial charge in [0.25, 0.3) is 0 Å². The van der Waals surface area contributed by atoms with E-state index in [0.29, 0.717) is 6.04 Å². The number of nitrogens with one attached hydrogen (secondary N) is 1. The number of aryl methyl sites for hydroxylation is 1. The fourth-order valence-electron chi connectivity index (χ4n) is 2.39. The Hall–Kier alpha value is -1.40. The van der Waals surface area contributed by atoms with Crippen molar-refractivity contribution >= 4 is 11.8 Å². The lowest BCUT2D eigenvalue weighted by molar-refractivity contribution is 0.565. The van der Waals surface area contributed by atoms with E-state index in [1.54, 1.807) is 11.8 Å². The third kappa shape index (κ3) is 3.11. The Labute approximate surface area is 128 Å². The molecule has 0 radical (unpaired) electrons. The molecule has 5 nitrogen and oxygen atoms in total. The molecule has 2 saturated carbocycles. The van der Waals surface area contributed by atoms with Gasteiger partial charge in [-0.2, -0.15) is 0 Å². The molecule has 0 aliphatic heterocycles. The van der Waals surface area contributed by atoms with E-state index in [0.717, 1.165) is 17.7 Å². The maximum Gasteiger partial charge on any atom is 0.214 e. The van der Waals surface area contributed by atoms with Crippen molar-refractivity contribution in [2.24, 2.45) is 0 Å². The monoisotopic (exact) mass is 301 g/mol.